The standard InChI is InChI=1S/C24H20Cl2N4O4/c25-18-10-19(26)12-20(11-18)29-22(31)15-34-21-8-4-7-17(9-21)14-28-30-24(33)23(32)27-13-16-5-2-1-3-6-16/h1-12,14H,13,15H2,(H,27,32)(H,29,31)(H,30,33)/b28-14-. The van der Waals surface area contributed by atoms with Crippen molar-refractivity contribution in [2.75, 3.05) is 11.9 Å². The van der Waals surface area contributed by atoms with Crippen molar-refractivity contribution in [3.63, 3.8) is 0 Å². The van der Waals surface area contributed by atoms with Gasteiger partial charge in [0.1, 0.15) is 5.75 Å². The maximum atomic E-state index is 12.1. The van der Waals surface area contributed by atoms with E-state index in [-0.39, 0.29) is 13.2 Å². The Bertz CT molecular complexity index is 1180. The number of anilines is 1. The largest absolute Gasteiger partial charge is 0.484 e. The molecular formula is C24H20Cl2N4O4. The van der Waals surface area contributed by atoms with E-state index in [4.69, 9.17) is 27.9 Å². The number of carbonyl (C=O) groups is 3. The average Bonchev–Trinajstić information content (AvgIpc) is 2.81. The predicted molar refractivity (Wildman–Crippen MR) is 131 cm³/mol. The van der Waals surface area contributed by atoms with Gasteiger partial charge in [0.05, 0.1) is 6.21 Å². The fraction of sp³-hybridized carbons (Fsp3) is 0.0833. The molecule has 0 bridgehead atoms. The van der Waals surface area contributed by atoms with Crippen LogP contribution in [-0.2, 0) is 20.9 Å². The minimum Gasteiger partial charge on any atom is -0.484 e. The monoisotopic (exact) mass is 498 g/mol. The highest BCUT2D eigenvalue weighted by Gasteiger charge is 2.12. The second-order valence-corrected chi connectivity index (χ2v) is 7.81. The number of hydrazone groups is 1. The van der Waals surface area contributed by atoms with Crippen LogP contribution in [0.4, 0.5) is 5.69 Å². The van der Waals surface area contributed by atoms with Crippen LogP contribution >= 0.6 is 23.2 Å². The van der Waals surface area contributed by atoms with E-state index in [1.54, 1.807) is 42.5 Å². The van der Waals surface area contributed by atoms with Crippen LogP contribution in [0.2, 0.25) is 10.0 Å². The van der Waals surface area contributed by atoms with Crippen molar-refractivity contribution in [3.05, 3.63) is 94.0 Å². The Morgan fingerprint density at radius 1 is 0.882 bits per heavy atom. The molecule has 0 unspecified atom stereocenters. The quantitative estimate of drug-likeness (QED) is 0.249. The number of amides is 3. The lowest BCUT2D eigenvalue weighted by Crippen LogP contribution is -2.37. The van der Waals surface area contributed by atoms with Gasteiger partial charge in [0.25, 0.3) is 5.91 Å². The third-order valence-corrected chi connectivity index (χ3v) is 4.69. The van der Waals surface area contributed by atoms with Gasteiger partial charge in [-0.15, -0.1) is 0 Å². The zero-order chi connectivity index (χ0) is 24.3. The lowest BCUT2D eigenvalue weighted by molar-refractivity contribution is -0.139. The van der Waals surface area contributed by atoms with Crippen molar-refractivity contribution >= 4 is 52.8 Å². The third kappa shape index (κ3) is 8.23. The molecule has 0 heterocycles. The molecule has 0 spiro atoms. The summed E-state index contributed by atoms with van der Waals surface area (Å²) in [7, 11) is 0. The lowest BCUT2D eigenvalue weighted by Gasteiger charge is -2.09. The number of hydrogen-bond acceptors (Lipinski definition) is 5. The molecule has 3 aromatic rings. The molecule has 0 fully saturated rings. The number of nitrogens with zero attached hydrogens (tertiary/aromatic N) is 1. The van der Waals surface area contributed by atoms with E-state index in [1.165, 1.54) is 6.21 Å². The van der Waals surface area contributed by atoms with Crippen molar-refractivity contribution in [2.45, 2.75) is 6.54 Å². The summed E-state index contributed by atoms with van der Waals surface area (Å²) >= 11 is 11.8. The first kappa shape index (κ1) is 24.8. The first-order valence-electron chi connectivity index (χ1n) is 10.0. The number of nitrogens with one attached hydrogen (secondary N) is 3. The average molecular weight is 499 g/mol. The van der Waals surface area contributed by atoms with Gasteiger partial charge >= 0.3 is 11.8 Å². The van der Waals surface area contributed by atoms with E-state index in [1.807, 2.05) is 30.3 Å². The molecule has 0 aromatic heterocycles. The van der Waals surface area contributed by atoms with Gasteiger partial charge in [-0.05, 0) is 41.5 Å². The van der Waals surface area contributed by atoms with Crippen molar-refractivity contribution in [2.24, 2.45) is 5.10 Å². The summed E-state index contributed by atoms with van der Waals surface area (Å²) in [6.45, 7) is -0.0167. The third-order valence-electron chi connectivity index (χ3n) is 4.26. The fourth-order valence-corrected chi connectivity index (χ4v) is 3.26. The van der Waals surface area contributed by atoms with E-state index >= 15 is 0 Å². The summed E-state index contributed by atoms with van der Waals surface area (Å²) in [5.74, 6) is -1.68. The first-order valence-corrected chi connectivity index (χ1v) is 10.8. The highest BCUT2D eigenvalue weighted by molar-refractivity contribution is 6.35. The van der Waals surface area contributed by atoms with Gasteiger partial charge in [0, 0.05) is 22.3 Å². The molecule has 174 valence electrons. The first-order chi connectivity index (χ1) is 16.4. The van der Waals surface area contributed by atoms with Crippen molar-refractivity contribution < 1.29 is 19.1 Å². The van der Waals surface area contributed by atoms with Crippen molar-refractivity contribution in [1.29, 1.82) is 0 Å². The summed E-state index contributed by atoms with van der Waals surface area (Å²) in [6, 6.07) is 20.6. The molecule has 0 aliphatic carbocycles. The normalized spacial score (nSPS) is 10.5. The van der Waals surface area contributed by atoms with Gasteiger partial charge in [-0.1, -0.05) is 65.7 Å². The van der Waals surface area contributed by atoms with Crippen LogP contribution in [-0.4, -0.2) is 30.5 Å². The molecule has 0 aliphatic rings. The molecule has 0 atom stereocenters. The molecule has 3 N–H and O–H groups in total. The SMILES string of the molecule is O=C(COc1cccc(/C=N\NC(=O)C(=O)NCc2ccccc2)c1)Nc1cc(Cl)cc(Cl)c1. The van der Waals surface area contributed by atoms with Crippen molar-refractivity contribution in [3.8, 4) is 5.75 Å². The zero-order valence-electron chi connectivity index (χ0n) is 17.8. The van der Waals surface area contributed by atoms with Crippen LogP contribution in [0, 0.1) is 0 Å². The van der Waals surface area contributed by atoms with Gasteiger partial charge in [-0.2, -0.15) is 5.10 Å². The lowest BCUT2D eigenvalue weighted by atomic mass is 10.2. The van der Waals surface area contributed by atoms with E-state index < -0.39 is 17.7 Å². The van der Waals surface area contributed by atoms with Gasteiger partial charge in [0.15, 0.2) is 6.61 Å². The molecule has 3 rings (SSSR count). The Kier molecular flexibility index (Phi) is 9.02. The number of benzene rings is 3. The second-order valence-electron chi connectivity index (χ2n) is 6.93. The van der Waals surface area contributed by atoms with Crippen LogP contribution < -0.4 is 20.8 Å². The Hall–Kier alpha value is -3.88. The molecule has 10 heteroatoms. The van der Waals surface area contributed by atoms with Gasteiger partial charge < -0.3 is 15.4 Å². The fourth-order valence-electron chi connectivity index (χ4n) is 2.73. The second kappa shape index (κ2) is 12.4. The highest BCUT2D eigenvalue weighted by Crippen LogP contribution is 2.22. The van der Waals surface area contributed by atoms with E-state index in [0.29, 0.717) is 27.0 Å². The summed E-state index contributed by atoms with van der Waals surface area (Å²) in [6.07, 6.45) is 1.35. The van der Waals surface area contributed by atoms with Crippen LogP contribution in [0.15, 0.2) is 77.9 Å². The zero-order valence-corrected chi connectivity index (χ0v) is 19.3. The topological polar surface area (TPSA) is 109 Å². The minimum absolute atomic E-state index is 0.230. The predicted octanol–water partition coefficient (Wildman–Crippen LogP) is 3.78. The Balaban J connectivity index is 1.45. The molecule has 0 saturated heterocycles. The van der Waals surface area contributed by atoms with E-state index in [2.05, 4.69) is 21.2 Å². The number of halogens is 2. The maximum absolute atomic E-state index is 12.1. The van der Waals surface area contributed by atoms with Gasteiger partial charge in [-0.25, -0.2) is 5.43 Å². The Labute approximate surface area is 205 Å². The minimum atomic E-state index is -0.891. The van der Waals surface area contributed by atoms with Crippen LogP contribution in [0.3, 0.4) is 0 Å². The van der Waals surface area contributed by atoms with E-state index in [0.717, 1.165) is 5.56 Å². The molecule has 0 saturated carbocycles. The van der Waals surface area contributed by atoms with Crippen LogP contribution in [0.25, 0.3) is 0 Å². The van der Waals surface area contributed by atoms with Gasteiger partial charge in [-0.3, -0.25) is 14.4 Å². The number of carbonyl (C=O) groups excluding carboxylic acids is 3. The van der Waals surface area contributed by atoms with Crippen LogP contribution in [0.5, 0.6) is 5.75 Å². The number of rotatable bonds is 8. The van der Waals surface area contributed by atoms with Crippen LogP contribution in [0.1, 0.15) is 11.1 Å². The molecule has 0 radical (unpaired) electrons. The molecule has 3 amide bonds. The summed E-state index contributed by atoms with van der Waals surface area (Å²) in [4.78, 5) is 35.8. The molecule has 0 aliphatic heterocycles. The summed E-state index contributed by atoms with van der Waals surface area (Å²) in [5, 5.41) is 9.73. The Morgan fingerprint density at radius 2 is 1.62 bits per heavy atom. The number of hydrogen-bond donors (Lipinski definition) is 3. The number of ether oxygens (including phenoxy) is 1. The molecule has 34 heavy (non-hydrogen) atoms. The smallest absolute Gasteiger partial charge is 0.329 e. The van der Waals surface area contributed by atoms with Crippen molar-refractivity contribution in [1.82, 2.24) is 10.7 Å². The Morgan fingerprint density at radius 3 is 2.35 bits per heavy atom. The maximum Gasteiger partial charge on any atom is 0.329 e. The molecule has 3 aromatic carbocycles. The molecule has 8 nitrogen and oxygen atoms in total. The van der Waals surface area contributed by atoms with Gasteiger partial charge in [0.2, 0.25) is 0 Å². The van der Waals surface area contributed by atoms with E-state index in [9.17, 15) is 14.4 Å². The molecular weight excluding hydrogens is 479 g/mol. The summed E-state index contributed by atoms with van der Waals surface area (Å²) < 4.78 is 5.49. The highest BCUT2D eigenvalue weighted by atomic mass is 35.5. The summed E-state index contributed by atoms with van der Waals surface area (Å²) in [5.41, 5.74) is 4.08.